The van der Waals surface area contributed by atoms with E-state index in [0.29, 0.717) is 6.04 Å². The van der Waals surface area contributed by atoms with Crippen molar-refractivity contribution in [1.82, 2.24) is 15.6 Å². The topological polar surface area (TPSA) is 52.6 Å². The minimum absolute atomic E-state index is 0. The molecule has 0 aromatic carbocycles. The average Bonchev–Trinajstić information content (AvgIpc) is 3.08. The Labute approximate surface area is 176 Å². The van der Waals surface area contributed by atoms with Crippen molar-refractivity contribution in [2.75, 3.05) is 43.1 Å². The van der Waals surface area contributed by atoms with Gasteiger partial charge in [0.1, 0.15) is 5.82 Å². The van der Waals surface area contributed by atoms with E-state index in [2.05, 4.69) is 37.3 Å². The molecule has 2 fully saturated rings. The van der Waals surface area contributed by atoms with Gasteiger partial charge in [-0.15, -0.1) is 24.0 Å². The minimum atomic E-state index is 0. The molecule has 2 aliphatic heterocycles. The van der Waals surface area contributed by atoms with Crippen molar-refractivity contribution in [3.05, 3.63) is 23.4 Å². The molecule has 0 saturated carbocycles. The highest BCUT2D eigenvalue weighted by atomic mass is 127. The smallest absolute Gasteiger partial charge is 0.191 e. The first-order valence-corrected chi connectivity index (χ1v) is 10.2. The van der Waals surface area contributed by atoms with Crippen LogP contribution < -0.4 is 15.5 Å². The number of hydrogen-bond donors (Lipinski definition) is 2. The van der Waals surface area contributed by atoms with E-state index in [-0.39, 0.29) is 24.0 Å². The van der Waals surface area contributed by atoms with Crippen LogP contribution in [0.3, 0.4) is 0 Å². The van der Waals surface area contributed by atoms with Gasteiger partial charge in [0.15, 0.2) is 5.96 Å². The lowest BCUT2D eigenvalue weighted by molar-refractivity contribution is 0.477. The second kappa shape index (κ2) is 10.7. The van der Waals surface area contributed by atoms with E-state index >= 15 is 0 Å². The number of nitrogens with zero attached hydrogens (tertiary/aromatic N) is 3. The first kappa shape index (κ1) is 20.9. The van der Waals surface area contributed by atoms with Gasteiger partial charge in [-0.25, -0.2) is 4.98 Å². The van der Waals surface area contributed by atoms with Crippen molar-refractivity contribution in [3.8, 4) is 0 Å². The molecule has 0 bridgehead atoms. The summed E-state index contributed by atoms with van der Waals surface area (Å²) in [6.45, 7) is 2.88. The lowest BCUT2D eigenvalue weighted by Gasteiger charge is -2.24. The molecule has 1 aromatic rings. The molecule has 1 atom stereocenters. The fourth-order valence-electron chi connectivity index (χ4n) is 3.26. The third-order valence-corrected chi connectivity index (χ3v) is 6.03. The number of anilines is 1. The van der Waals surface area contributed by atoms with E-state index in [0.717, 1.165) is 48.8 Å². The average molecular weight is 496 g/mol. The summed E-state index contributed by atoms with van der Waals surface area (Å²) in [4.78, 5) is 11.0. The molecule has 8 heteroatoms. The Balaban J connectivity index is 0.00000225. The monoisotopic (exact) mass is 495 g/mol. The Morgan fingerprint density at radius 1 is 1.40 bits per heavy atom. The summed E-state index contributed by atoms with van der Waals surface area (Å²) in [5.41, 5.74) is 0. The van der Waals surface area contributed by atoms with Crippen LogP contribution >= 0.6 is 47.3 Å². The molecule has 3 heterocycles. The molecule has 2 N–H and O–H groups in total. The third-order valence-electron chi connectivity index (χ3n) is 4.69. The molecule has 1 aromatic heterocycles. The zero-order valence-electron chi connectivity index (χ0n) is 14.6. The summed E-state index contributed by atoms with van der Waals surface area (Å²) in [5, 5.41) is 7.77. The van der Waals surface area contributed by atoms with E-state index in [1.54, 1.807) is 6.20 Å². The number of aliphatic imine (C=N–C) groups is 1. The van der Waals surface area contributed by atoms with E-state index in [1.165, 1.54) is 24.3 Å². The van der Waals surface area contributed by atoms with Crippen LogP contribution in [0, 0.1) is 5.92 Å². The molecule has 2 saturated heterocycles. The van der Waals surface area contributed by atoms with Gasteiger partial charge in [-0.3, -0.25) is 4.99 Å². The first-order chi connectivity index (χ1) is 11.8. The SMILES string of the molecule is CN=C(NCC1CCSCC1)NC1CCN(c2ncccc2Cl)C1.I. The van der Waals surface area contributed by atoms with Gasteiger partial charge in [0.2, 0.25) is 0 Å². The minimum Gasteiger partial charge on any atom is -0.356 e. The van der Waals surface area contributed by atoms with Gasteiger partial charge in [-0.1, -0.05) is 11.6 Å². The van der Waals surface area contributed by atoms with Crippen molar-refractivity contribution in [1.29, 1.82) is 0 Å². The van der Waals surface area contributed by atoms with Gasteiger partial charge in [0, 0.05) is 38.9 Å². The number of guanidine groups is 1. The predicted molar refractivity (Wildman–Crippen MR) is 120 cm³/mol. The van der Waals surface area contributed by atoms with Gasteiger partial charge in [0.05, 0.1) is 5.02 Å². The maximum Gasteiger partial charge on any atom is 0.191 e. The summed E-state index contributed by atoms with van der Waals surface area (Å²) in [5.74, 6) is 5.15. The Hall–Kier alpha value is -0.410. The fourth-order valence-corrected chi connectivity index (χ4v) is 4.71. The quantitative estimate of drug-likeness (QED) is 0.382. The third kappa shape index (κ3) is 6.06. The van der Waals surface area contributed by atoms with Crippen LogP contribution in [-0.4, -0.2) is 55.2 Å². The predicted octanol–water partition coefficient (Wildman–Crippen LogP) is 3.24. The van der Waals surface area contributed by atoms with Crippen LogP contribution in [0.1, 0.15) is 19.3 Å². The van der Waals surface area contributed by atoms with Gasteiger partial charge in [-0.05, 0) is 48.8 Å². The number of hydrogen-bond acceptors (Lipinski definition) is 4. The summed E-state index contributed by atoms with van der Waals surface area (Å²) >= 11 is 8.33. The van der Waals surface area contributed by atoms with Crippen molar-refractivity contribution in [2.45, 2.75) is 25.3 Å². The zero-order valence-corrected chi connectivity index (χ0v) is 18.5. The van der Waals surface area contributed by atoms with Crippen LogP contribution in [0.15, 0.2) is 23.3 Å². The number of nitrogens with one attached hydrogen (secondary N) is 2. The molecule has 140 valence electrons. The molecule has 0 radical (unpaired) electrons. The normalized spacial score (nSPS) is 21.8. The van der Waals surface area contributed by atoms with Crippen molar-refractivity contribution < 1.29 is 0 Å². The molecular weight excluding hydrogens is 469 g/mol. The second-order valence-electron chi connectivity index (χ2n) is 6.39. The second-order valence-corrected chi connectivity index (χ2v) is 8.03. The maximum atomic E-state index is 6.26. The van der Waals surface area contributed by atoms with Gasteiger partial charge in [0.25, 0.3) is 0 Å². The highest BCUT2D eigenvalue weighted by Gasteiger charge is 2.25. The van der Waals surface area contributed by atoms with Gasteiger partial charge in [-0.2, -0.15) is 11.8 Å². The summed E-state index contributed by atoms with van der Waals surface area (Å²) < 4.78 is 0. The molecule has 5 nitrogen and oxygen atoms in total. The summed E-state index contributed by atoms with van der Waals surface area (Å²) in [7, 11) is 1.84. The number of rotatable bonds is 4. The lowest BCUT2D eigenvalue weighted by Crippen LogP contribution is -2.46. The Morgan fingerprint density at radius 2 is 2.20 bits per heavy atom. The largest absolute Gasteiger partial charge is 0.356 e. The standard InChI is InChI=1S/C17H26ClN5S.HI/c1-19-17(21-11-13-5-9-24-10-6-13)22-14-4-8-23(12-14)16-15(18)3-2-7-20-16;/h2-3,7,13-14H,4-6,8-12H2,1H3,(H2,19,21,22);1H. The molecule has 0 aliphatic carbocycles. The molecular formula is C17H27ClIN5S. The number of thioether (sulfide) groups is 1. The number of pyridine rings is 1. The highest BCUT2D eigenvalue weighted by molar-refractivity contribution is 14.0. The molecule has 1 unspecified atom stereocenters. The summed E-state index contributed by atoms with van der Waals surface area (Å²) in [6.07, 6.45) is 5.48. The fraction of sp³-hybridized carbons (Fsp3) is 0.647. The van der Waals surface area contributed by atoms with Crippen LogP contribution in [0.5, 0.6) is 0 Å². The van der Waals surface area contributed by atoms with Crippen molar-refractivity contribution in [3.63, 3.8) is 0 Å². The van der Waals surface area contributed by atoms with Crippen molar-refractivity contribution >= 4 is 59.1 Å². The highest BCUT2D eigenvalue weighted by Crippen LogP contribution is 2.26. The van der Waals surface area contributed by atoms with E-state index in [4.69, 9.17) is 11.6 Å². The molecule has 3 rings (SSSR count). The van der Waals surface area contributed by atoms with Crippen LogP contribution in [0.25, 0.3) is 0 Å². The van der Waals surface area contributed by atoms with Crippen LogP contribution in [0.2, 0.25) is 5.02 Å². The molecule has 25 heavy (non-hydrogen) atoms. The van der Waals surface area contributed by atoms with E-state index in [1.807, 2.05) is 19.2 Å². The van der Waals surface area contributed by atoms with Crippen LogP contribution in [0.4, 0.5) is 5.82 Å². The molecule has 2 aliphatic rings. The van der Waals surface area contributed by atoms with E-state index < -0.39 is 0 Å². The number of halogens is 2. The lowest BCUT2D eigenvalue weighted by atomic mass is 10.0. The molecule has 0 spiro atoms. The van der Waals surface area contributed by atoms with Crippen LogP contribution in [-0.2, 0) is 0 Å². The maximum absolute atomic E-state index is 6.26. The number of aromatic nitrogens is 1. The van der Waals surface area contributed by atoms with Gasteiger partial charge >= 0.3 is 0 Å². The summed E-state index contributed by atoms with van der Waals surface area (Å²) in [6, 6.07) is 4.14. The first-order valence-electron chi connectivity index (χ1n) is 8.66. The van der Waals surface area contributed by atoms with E-state index in [9.17, 15) is 0 Å². The molecule has 0 amide bonds. The Kier molecular flexibility index (Phi) is 8.92. The Morgan fingerprint density at radius 3 is 2.92 bits per heavy atom. The Bertz CT molecular complexity index is 568. The zero-order chi connectivity index (χ0) is 16.8. The van der Waals surface area contributed by atoms with Gasteiger partial charge < -0.3 is 15.5 Å². The van der Waals surface area contributed by atoms with Crippen molar-refractivity contribution in [2.24, 2.45) is 10.9 Å².